The van der Waals surface area contributed by atoms with Crippen molar-refractivity contribution >= 4 is 5.91 Å². The average Bonchev–Trinajstić information content (AvgIpc) is 2.97. The van der Waals surface area contributed by atoms with Crippen LogP contribution in [0.4, 0.5) is 0 Å². The normalized spacial score (nSPS) is 17.4. The summed E-state index contributed by atoms with van der Waals surface area (Å²) in [5.74, 6) is 0.541. The molecule has 5 nitrogen and oxygen atoms in total. The third-order valence-corrected chi connectivity index (χ3v) is 5.09. The second-order valence-electron chi connectivity index (χ2n) is 6.94. The van der Waals surface area contributed by atoms with Crippen molar-refractivity contribution in [2.45, 2.75) is 45.4 Å². The van der Waals surface area contributed by atoms with Crippen molar-refractivity contribution in [2.24, 2.45) is 0 Å². The number of piperidine rings is 1. The number of aromatic amines is 1. The molecule has 0 unspecified atom stereocenters. The SMILES string of the molecule is Cc1n[nH]c(C)c1CCCNC(=O)c1cccc([C@H]2CCCNC2)c1. The Hall–Kier alpha value is -2.14. The third kappa shape index (κ3) is 4.48. The van der Waals surface area contributed by atoms with Gasteiger partial charge in [-0.15, -0.1) is 0 Å². The van der Waals surface area contributed by atoms with Crippen molar-refractivity contribution in [3.05, 3.63) is 52.3 Å². The Labute approximate surface area is 149 Å². The third-order valence-electron chi connectivity index (χ3n) is 5.09. The van der Waals surface area contributed by atoms with Crippen molar-refractivity contribution < 1.29 is 4.79 Å². The minimum atomic E-state index is 0.0197. The Morgan fingerprint density at radius 2 is 2.24 bits per heavy atom. The van der Waals surface area contributed by atoms with E-state index < -0.39 is 0 Å². The molecule has 1 aromatic carbocycles. The monoisotopic (exact) mass is 340 g/mol. The second-order valence-corrected chi connectivity index (χ2v) is 6.94. The van der Waals surface area contributed by atoms with E-state index >= 15 is 0 Å². The molecule has 1 fully saturated rings. The molecule has 1 aliphatic rings. The fourth-order valence-corrected chi connectivity index (χ4v) is 3.58. The summed E-state index contributed by atoms with van der Waals surface area (Å²) in [6.07, 6.45) is 4.25. The summed E-state index contributed by atoms with van der Waals surface area (Å²) in [4.78, 5) is 12.4. The Morgan fingerprint density at radius 1 is 1.36 bits per heavy atom. The summed E-state index contributed by atoms with van der Waals surface area (Å²) < 4.78 is 0. The highest BCUT2D eigenvalue weighted by Crippen LogP contribution is 2.23. The molecule has 1 aromatic heterocycles. The van der Waals surface area contributed by atoms with E-state index in [0.717, 1.165) is 42.9 Å². The molecule has 0 aliphatic carbocycles. The first-order chi connectivity index (χ1) is 12.1. The van der Waals surface area contributed by atoms with Gasteiger partial charge in [0.15, 0.2) is 0 Å². The lowest BCUT2D eigenvalue weighted by Gasteiger charge is -2.23. The highest BCUT2D eigenvalue weighted by Gasteiger charge is 2.16. The molecule has 25 heavy (non-hydrogen) atoms. The Bertz CT molecular complexity index is 697. The number of H-pyrrole nitrogens is 1. The molecular weight excluding hydrogens is 312 g/mol. The minimum Gasteiger partial charge on any atom is -0.352 e. The molecule has 1 atom stereocenters. The van der Waals surface area contributed by atoms with Gasteiger partial charge in [-0.3, -0.25) is 9.89 Å². The standard InChI is InChI=1S/C20H28N4O/c1-14-19(15(2)24-23-14)9-5-11-22-20(25)17-7-3-6-16(12-17)18-8-4-10-21-13-18/h3,6-7,12,18,21H,4-5,8-11,13H2,1-2H3,(H,22,25)(H,23,24)/t18-/m0/s1. The highest BCUT2D eigenvalue weighted by atomic mass is 16.1. The van der Waals surface area contributed by atoms with Crippen LogP contribution in [-0.4, -0.2) is 35.7 Å². The zero-order valence-electron chi connectivity index (χ0n) is 15.2. The molecule has 3 rings (SSSR count). The largest absolute Gasteiger partial charge is 0.352 e. The van der Waals surface area contributed by atoms with Crippen LogP contribution < -0.4 is 10.6 Å². The van der Waals surface area contributed by atoms with Gasteiger partial charge in [0, 0.05) is 24.3 Å². The van der Waals surface area contributed by atoms with Gasteiger partial charge in [0.1, 0.15) is 0 Å². The fourth-order valence-electron chi connectivity index (χ4n) is 3.58. The average molecular weight is 340 g/mol. The van der Waals surface area contributed by atoms with E-state index in [9.17, 15) is 4.79 Å². The van der Waals surface area contributed by atoms with Gasteiger partial charge in [-0.25, -0.2) is 0 Å². The maximum absolute atomic E-state index is 12.4. The van der Waals surface area contributed by atoms with E-state index in [1.807, 2.05) is 26.0 Å². The van der Waals surface area contributed by atoms with Crippen LogP contribution in [0.3, 0.4) is 0 Å². The lowest BCUT2D eigenvalue weighted by molar-refractivity contribution is 0.0953. The quantitative estimate of drug-likeness (QED) is 0.708. The van der Waals surface area contributed by atoms with Gasteiger partial charge in [-0.1, -0.05) is 12.1 Å². The number of hydrogen-bond acceptors (Lipinski definition) is 3. The molecular formula is C20H28N4O. The topological polar surface area (TPSA) is 69.8 Å². The molecule has 1 amide bonds. The van der Waals surface area contributed by atoms with Gasteiger partial charge in [-0.2, -0.15) is 5.10 Å². The maximum atomic E-state index is 12.4. The number of hydrogen-bond donors (Lipinski definition) is 3. The van der Waals surface area contributed by atoms with Gasteiger partial charge >= 0.3 is 0 Å². The number of rotatable bonds is 6. The number of aromatic nitrogens is 2. The summed E-state index contributed by atoms with van der Waals surface area (Å²) in [6, 6.07) is 8.09. The van der Waals surface area contributed by atoms with E-state index in [2.05, 4.69) is 33.0 Å². The first-order valence-corrected chi connectivity index (χ1v) is 9.24. The van der Waals surface area contributed by atoms with E-state index in [0.29, 0.717) is 12.5 Å². The Balaban J connectivity index is 1.51. The molecule has 1 aliphatic heterocycles. The van der Waals surface area contributed by atoms with Crippen molar-refractivity contribution in [3.8, 4) is 0 Å². The van der Waals surface area contributed by atoms with Crippen molar-refractivity contribution in [1.82, 2.24) is 20.8 Å². The van der Waals surface area contributed by atoms with Crippen LogP contribution in [0.25, 0.3) is 0 Å². The summed E-state index contributed by atoms with van der Waals surface area (Å²) >= 11 is 0. The van der Waals surface area contributed by atoms with Crippen molar-refractivity contribution in [2.75, 3.05) is 19.6 Å². The van der Waals surface area contributed by atoms with Crippen LogP contribution in [0, 0.1) is 13.8 Å². The number of aryl methyl sites for hydroxylation is 2. The molecule has 2 heterocycles. The van der Waals surface area contributed by atoms with Crippen molar-refractivity contribution in [1.29, 1.82) is 0 Å². The van der Waals surface area contributed by atoms with E-state index in [1.165, 1.54) is 24.0 Å². The fraction of sp³-hybridized carbons (Fsp3) is 0.500. The van der Waals surface area contributed by atoms with Gasteiger partial charge in [0.25, 0.3) is 5.91 Å². The molecule has 0 bridgehead atoms. The lowest BCUT2D eigenvalue weighted by atomic mass is 9.90. The number of benzene rings is 1. The van der Waals surface area contributed by atoms with Crippen molar-refractivity contribution in [3.63, 3.8) is 0 Å². The molecule has 2 aromatic rings. The second kappa shape index (κ2) is 8.30. The molecule has 0 saturated carbocycles. The van der Waals surface area contributed by atoms with Gasteiger partial charge in [0.2, 0.25) is 0 Å². The van der Waals surface area contributed by atoms with Gasteiger partial charge < -0.3 is 10.6 Å². The first-order valence-electron chi connectivity index (χ1n) is 9.24. The van der Waals surface area contributed by atoms with Crippen LogP contribution >= 0.6 is 0 Å². The summed E-state index contributed by atoms with van der Waals surface area (Å²) in [6.45, 7) is 6.85. The molecule has 1 saturated heterocycles. The highest BCUT2D eigenvalue weighted by molar-refractivity contribution is 5.94. The maximum Gasteiger partial charge on any atom is 0.251 e. The smallest absolute Gasteiger partial charge is 0.251 e. The summed E-state index contributed by atoms with van der Waals surface area (Å²) in [5.41, 5.74) is 5.47. The van der Waals surface area contributed by atoms with Crippen LogP contribution in [0.5, 0.6) is 0 Å². The number of nitrogens with one attached hydrogen (secondary N) is 3. The predicted molar refractivity (Wildman–Crippen MR) is 100 cm³/mol. The number of carbonyl (C=O) groups is 1. The Kier molecular flexibility index (Phi) is 5.87. The molecule has 0 spiro atoms. The van der Waals surface area contributed by atoms with Crippen LogP contribution in [-0.2, 0) is 6.42 Å². The minimum absolute atomic E-state index is 0.0197. The van der Waals surface area contributed by atoms with Gasteiger partial charge in [0.05, 0.1) is 5.69 Å². The number of amides is 1. The zero-order valence-corrected chi connectivity index (χ0v) is 15.2. The molecule has 3 N–H and O–H groups in total. The number of nitrogens with zero attached hydrogens (tertiary/aromatic N) is 1. The predicted octanol–water partition coefficient (Wildman–Crippen LogP) is 2.86. The zero-order chi connectivity index (χ0) is 17.6. The summed E-state index contributed by atoms with van der Waals surface area (Å²) in [5, 5.41) is 13.7. The van der Waals surface area contributed by atoms with Crippen LogP contribution in [0.2, 0.25) is 0 Å². The van der Waals surface area contributed by atoms with Crippen LogP contribution in [0.15, 0.2) is 24.3 Å². The first kappa shape index (κ1) is 17.7. The van der Waals surface area contributed by atoms with Crippen LogP contribution in [0.1, 0.15) is 58.1 Å². The molecule has 0 radical (unpaired) electrons. The van der Waals surface area contributed by atoms with E-state index in [4.69, 9.17) is 0 Å². The summed E-state index contributed by atoms with van der Waals surface area (Å²) in [7, 11) is 0. The van der Waals surface area contributed by atoms with Gasteiger partial charge in [-0.05, 0) is 75.3 Å². The number of carbonyl (C=O) groups excluding carboxylic acids is 1. The molecule has 5 heteroatoms. The lowest BCUT2D eigenvalue weighted by Crippen LogP contribution is -2.29. The van der Waals surface area contributed by atoms with E-state index in [1.54, 1.807) is 0 Å². The van der Waals surface area contributed by atoms with E-state index in [-0.39, 0.29) is 5.91 Å². The Morgan fingerprint density at radius 3 is 2.96 bits per heavy atom. The molecule has 134 valence electrons.